The van der Waals surface area contributed by atoms with Crippen LogP contribution in [0.4, 0.5) is 0 Å². The molecule has 1 aliphatic rings. The Morgan fingerprint density at radius 1 is 1.26 bits per heavy atom. The Bertz CT molecular complexity index is 664. The highest BCUT2D eigenvalue weighted by Crippen LogP contribution is 2.36. The quantitative estimate of drug-likeness (QED) is 0.440. The number of aliphatic hydroxyl groups is 1. The number of carbonyl (C=O) groups excluding carboxylic acids is 1. The molecule has 6 nitrogen and oxygen atoms in total. The van der Waals surface area contributed by atoms with Crippen LogP contribution in [0.1, 0.15) is 51.5 Å². The summed E-state index contributed by atoms with van der Waals surface area (Å²) < 4.78 is 10.9. The second kappa shape index (κ2) is 10.6. The van der Waals surface area contributed by atoms with Gasteiger partial charge in [-0.3, -0.25) is 4.99 Å². The van der Waals surface area contributed by atoms with E-state index in [0.717, 1.165) is 32.1 Å². The first-order chi connectivity index (χ1) is 13.0. The van der Waals surface area contributed by atoms with Crippen LogP contribution in [-0.4, -0.2) is 52.3 Å². The molecule has 0 aliphatic carbocycles. The lowest BCUT2D eigenvalue weighted by molar-refractivity contribution is -0.148. The number of phenols is 1. The Kier molecular flexibility index (Phi) is 8.44. The van der Waals surface area contributed by atoms with E-state index >= 15 is 0 Å². The van der Waals surface area contributed by atoms with Crippen LogP contribution in [0.15, 0.2) is 23.2 Å². The van der Waals surface area contributed by atoms with Gasteiger partial charge in [0.05, 0.1) is 13.2 Å². The van der Waals surface area contributed by atoms with Crippen molar-refractivity contribution in [3.8, 4) is 11.5 Å². The first kappa shape index (κ1) is 21.6. The summed E-state index contributed by atoms with van der Waals surface area (Å²) in [6.45, 7) is 4.90. The van der Waals surface area contributed by atoms with Gasteiger partial charge in [0.25, 0.3) is 0 Å². The SMILES string of the molecule is CCCOC(=O)[C@@]1(C)CSC(c2ccc(OCCCCCCO)cc2O)=N1. The molecule has 7 heteroatoms. The zero-order chi connectivity index (χ0) is 19.7. The van der Waals surface area contributed by atoms with E-state index < -0.39 is 5.54 Å². The molecule has 150 valence electrons. The maximum Gasteiger partial charge on any atom is 0.334 e. The molecule has 1 aliphatic heterocycles. The van der Waals surface area contributed by atoms with Crippen LogP contribution >= 0.6 is 11.8 Å². The normalized spacial score (nSPS) is 19.0. The molecule has 1 aromatic carbocycles. The maximum atomic E-state index is 12.2. The number of unbranched alkanes of at least 4 members (excludes halogenated alkanes) is 3. The summed E-state index contributed by atoms with van der Waals surface area (Å²) in [5, 5.41) is 19.7. The molecule has 0 saturated heterocycles. The average Bonchev–Trinajstić information content (AvgIpc) is 3.06. The minimum Gasteiger partial charge on any atom is -0.507 e. The van der Waals surface area contributed by atoms with Gasteiger partial charge in [0, 0.05) is 24.0 Å². The van der Waals surface area contributed by atoms with E-state index in [1.165, 1.54) is 11.8 Å². The van der Waals surface area contributed by atoms with Gasteiger partial charge in [-0.05, 0) is 44.7 Å². The van der Waals surface area contributed by atoms with Gasteiger partial charge in [-0.2, -0.15) is 0 Å². The molecule has 0 fully saturated rings. The fourth-order valence-corrected chi connectivity index (χ4v) is 3.82. The van der Waals surface area contributed by atoms with Crippen LogP contribution in [0.2, 0.25) is 0 Å². The number of benzene rings is 1. The van der Waals surface area contributed by atoms with E-state index in [-0.39, 0.29) is 18.3 Å². The third-order valence-electron chi connectivity index (χ3n) is 4.24. The third-order valence-corrected chi connectivity index (χ3v) is 5.53. The molecule has 0 saturated carbocycles. The largest absolute Gasteiger partial charge is 0.507 e. The summed E-state index contributed by atoms with van der Waals surface area (Å²) in [7, 11) is 0. The Labute approximate surface area is 165 Å². The summed E-state index contributed by atoms with van der Waals surface area (Å²) in [6, 6.07) is 5.15. The minimum atomic E-state index is -0.911. The molecule has 0 spiro atoms. The number of thioether (sulfide) groups is 1. The van der Waals surface area contributed by atoms with Gasteiger partial charge in [-0.1, -0.05) is 13.3 Å². The number of esters is 1. The van der Waals surface area contributed by atoms with Crippen LogP contribution in [0.3, 0.4) is 0 Å². The van der Waals surface area contributed by atoms with Gasteiger partial charge in [0.1, 0.15) is 16.5 Å². The Hall–Kier alpha value is -1.73. The van der Waals surface area contributed by atoms with Crippen LogP contribution in [0.5, 0.6) is 11.5 Å². The van der Waals surface area contributed by atoms with Crippen LogP contribution in [-0.2, 0) is 9.53 Å². The van der Waals surface area contributed by atoms with E-state index in [0.29, 0.717) is 35.3 Å². The monoisotopic (exact) mass is 395 g/mol. The molecule has 2 N–H and O–H groups in total. The third kappa shape index (κ3) is 6.14. The van der Waals surface area contributed by atoms with Crippen molar-refractivity contribution in [2.45, 2.75) is 51.5 Å². The van der Waals surface area contributed by atoms with E-state index in [4.69, 9.17) is 14.6 Å². The minimum absolute atomic E-state index is 0.0882. The summed E-state index contributed by atoms with van der Waals surface area (Å²) in [5.41, 5.74) is -0.312. The number of ether oxygens (including phenoxy) is 2. The predicted molar refractivity (Wildman–Crippen MR) is 108 cm³/mol. The highest BCUT2D eigenvalue weighted by Gasteiger charge is 2.40. The van der Waals surface area contributed by atoms with Crippen LogP contribution in [0.25, 0.3) is 0 Å². The highest BCUT2D eigenvalue weighted by molar-refractivity contribution is 8.14. The van der Waals surface area contributed by atoms with Crippen molar-refractivity contribution >= 4 is 22.8 Å². The van der Waals surface area contributed by atoms with Crippen LogP contribution in [0, 0.1) is 0 Å². The molecule has 0 bridgehead atoms. The predicted octanol–water partition coefficient (Wildman–Crippen LogP) is 3.53. The van der Waals surface area contributed by atoms with Gasteiger partial charge in [-0.25, -0.2) is 4.79 Å². The number of aromatic hydroxyl groups is 1. The maximum absolute atomic E-state index is 12.2. The first-order valence-electron chi connectivity index (χ1n) is 9.47. The number of nitrogens with zero attached hydrogens (tertiary/aromatic N) is 1. The molecule has 1 aromatic rings. The summed E-state index contributed by atoms with van der Waals surface area (Å²) in [5.74, 6) is 0.862. The molecule has 1 atom stereocenters. The van der Waals surface area contributed by atoms with Crippen LogP contribution < -0.4 is 4.74 Å². The van der Waals surface area contributed by atoms with E-state index in [2.05, 4.69) is 4.99 Å². The molecule has 0 radical (unpaired) electrons. The topological polar surface area (TPSA) is 88.4 Å². The standard InChI is InChI=1S/C20H29NO5S/c1-3-11-26-19(24)20(2)14-27-18(21-20)16-9-8-15(13-17(16)23)25-12-7-5-4-6-10-22/h8-9,13,22-23H,3-7,10-12,14H2,1-2H3/t20-/m1/s1. The molecule has 2 rings (SSSR count). The summed E-state index contributed by atoms with van der Waals surface area (Å²) in [4.78, 5) is 16.7. The molecule has 0 unspecified atom stereocenters. The zero-order valence-corrected chi connectivity index (χ0v) is 16.9. The second-order valence-electron chi connectivity index (χ2n) is 6.78. The summed E-state index contributed by atoms with van der Waals surface area (Å²) >= 11 is 1.44. The number of aliphatic hydroxyl groups excluding tert-OH is 1. The average molecular weight is 396 g/mol. The van der Waals surface area contributed by atoms with E-state index in [9.17, 15) is 9.90 Å². The van der Waals surface area contributed by atoms with Crippen molar-refractivity contribution in [1.82, 2.24) is 0 Å². The Balaban J connectivity index is 1.95. The number of aliphatic imine (C=N–C) groups is 1. The van der Waals surface area contributed by atoms with Crippen molar-refractivity contribution in [2.75, 3.05) is 25.6 Å². The smallest absolute Gasteiger partial charge is 0.334 e. The second-order valence-corrected chi connectivity index (χ2v) is 7.74. The van der Waals surface area contributed by atoms with Gasteiger partial charge in [0.15, 0.2) is 5.54 Å². The van der Waals surface area contributed by atoms with Gasteiger partial charge in [-0.15, -0.1) is 11.8 Å². The van der Waals surface area contributed by atoms with Crippen molar-refractivity contribution in [2.24, 2.45) is 4.99 Å². The zero-order valence-electron chi connectivity index (χ0n) is 16.1. The van der Waals surface area contributed by atoms with E-state index in [1.807, 2.05) is 6.92 Å². The van der Waals surface area contributed by atoms with Crippen molar-refractivity contribution in [1.29, 1.82) is 0 Å². The Morgan fingerprint density at radius 2 is 2.04 bits per heavy atom. The molecular formula is C20H29NO5S. The number of hydrogen-bond donors (Lipinski definition) is 2. The van der Waals surface area contributed by atoms with Gasteiger partial charge in [0.2, 0.25) is 0 Å². The first-order valence-corrected chi connectivity index (χ1v) is 10.5. The van der Waals surface area contributed by atoms with Gasteiger partial charge >= 0.3 is 5.97 Å². The lowest BCUT2D eigenvalue weighted by Gasteiger charge is -2.17. The Morgan fingerprint density at radius 3 is 2.74 bits per heavy atom. The highest BCUT2D eigenvalue weighted by atomic mass is 32.2. The number of phenolic OH excluding ortho intramolecular Hbond substituents is 1. The molecule has 0 aromatic heterocycles. The van der Waals surface area contributed by atoms with Crippen molar-refractivity contribution in [3.05, 3.63) is 23.8 Å². The summed E-state index contributed by atoms with van der Waals surface area (Å²) in [6.07, 6.45) is 4.49. The fourth-order valence-electron chi connectivity index (χ4n) is 2.63. The molecular weight excluding hydrogens is 366 g/mol. The lowest BCUT2D eigenvalue weighted by atomic mass is 10.1. The molecule has 27 heavy (non-hydrogen) atoms. The van der Waals surface area contributed by atoms with Crippen molar-refractivity contribution in [3.63, 3.8) is 0 Å². The molecule has 1 heterocycles. The van der Waals surface area contributed by atoms with Gasteiger partial charge < -0.3 is 19.7 Å². The number of hydrogen-bond acceptors (Lipinski definition) is 7. The van der Waals surface area contributed by atoms with E-state index in [1.54, 1.807) is 25.1 Å². The molecule has 0 amide bonds. The number of carbonyl (C=O) groups is 1. The number of rotatable bonds is 11. The fraction of sp³-hybridized carbons (Fsp3) is 0.600. The van der Waals surface area contributed by atoms with Crippen molar-refractivity contribution < 1.29 is 24.5 Å². The lowest BCUT2D eigenvalue weighted by Crippen LogP contribution is -2.35.